The number of ether oxygens (including phenoxy) is 2. The van der Waals surface area contributed by atoms with Crippen LogP contribution in [0.25, 0.3) is 0 Å². The van der Waals surface area contributed by atoms with Crippen molar-refractivity contribution < 1.29 is 9.47 Å². The average molecular weight is 224 g/mol. The molecular formula is C12H16O2S. The number of fused-ring (bicyclic) bond motifs is 1. The highest BCUT2D eigenvalue weighted by Crippen LogP contribution is 2.36. The molecule has 1 aromatic rings. The van der Waals surface area contributed by atoms with Crippen LogP contribution in [0.4, 0.5) is 0 Å². The quantitative estimate of drug-likeness (QED) is 0.715. The number of hydrogen-bond acceptors (Lipinski definition) is 3. The van der Waals surface area contributed by atoms with Gasteiger partial charge in [-0.15, -0.1) is 11.8 Å². The predicted molar refractivity (Wildman–Crippen MR) is 62.5 cm³/mol. The Morgan fingerprint density at radius 2 is 2.20 bits per heavy atom. The van der Waals surface area contributed by atoms with E-state index in [1.165, 1.54) is 10.5 Å². The molecule has 0 bridgehead atoms. The Labute approximate surface area is 95.0 Å². The van der Waals surface area contributed by atoms with Crippen molar-refractivity contribution in [1.82, 2.24) is 0 Å². The number of hydrogen-bond donors (Lipinski definition) is 0. The van der Waals surface area contributed by atoms with E-state index >= 15 is 0 Å². The zero-order valence-corrected chi connectivity index (χ0v) is 9.76. The Balaban J connectivity index is 1.76. The molecule has 0 spiro atoms. The summed E-state index contributed by atoms with van der Waals surface area (Å²) >= 11 is 1.93. The van der Waals surface area contributed by atoms with Gasteiger partial charge in [-0.2, -0.15) is 0 Å². The van der Waals surface area contributed by atoms with Crippen molar-refractivity contribution in [2.24, 2.45) is 0 Å². The second kappa shape index (κ2) is 5.54. The smallest absolute Gasteiger partial charge is 0.0700 e. The van der Waals surface area contributed by atoms with Gasteiger partial charge in [0.15, 0.2) is 0 Å². The SMILES string of the molecule is COCCOCC1Cc2ccccc2S1. The summed E-state index contributed by atoms with van der Waals surface area (Å²) < 4.78 is 10.5. The van der Waals surface area contributed by atoms with Crippen molar-refractivity contribution in [1.29, 1.82) is 0 Å². The Kier molecular flexibility index (Phi) is 4.06. The summed E-state index contributed by atoms with van der Waals surface area (Å²) in [5.41, 5.74) is 1.46. The molecule has 0 N–H and O–H groups in total. The van der Waals surface area contributed by atoms with E-state index in [4.69, 9.17) is 9.47 Å². The monoisotopic (exact) mass is 224 g/mol. The van der Waals surface area contributed by atoms with Gasteiger partial charge in [0, 0.05) is 17.3 Å². The van der Waals surface area contributed by atoms with E-state index in [9.17, 15) is 0 Å². The minimum Gasteiger partial charge on any atom is -0.382 e. The van der Waals surface area contributed by atoms with Crippen LogP contribution in [0.2, 0.25) is 0 Å². The molecule has 1 aliphatic heterocycles. The summed E-state index contributed by atoms with van der Waals surface area (Å²) in [6, 6.07) is 8.60. The molecule has 0 saturated heterocycles. The zero-order valence-electron chi connectivity index (χ0n) is 8.94. The van der Waals surface area contributed by atoms with Gasteiger partial charge in [0.1, 0.15) is 0 Å². The molecule has 1 aromatic carbocycles. The average Bonchev–Trinajstić information content (AvgIpc) is 2.67. The number of methoxy groups -OCH3 is 1. The van der Waals surface area contributed by atoms with E-state index in [0.717, 1.165) is 13.0 Å². The fraction of sp³-hybridized carbons (Fsp3) is 0.500. The molecule has 0 fully saturated rings. The van der Waals surface area contributed by atoms with Crippen LogP contribution in [0.5, 0.6) is 0 Å². The van der Waals surface area contributed by atoms with E-state index in [0.29, 0.717) is 18.5 Å². The van der Waals surface area contributed by atoms with Crippen molar-refractivity contribution >= 4 is 11.8 Å². The third kappa shape index (κ3) is 2.97. The molecule has 15 heavy (non-hydrogen) atoms. The van der Waals surface area contributed by atoms with Crippen molar-refractivity contribution in [3.63, 3.8) is 0 Å². The van der Waals surface area contributed by atoms with Gasteiger partial charge in [0.25, 0.3) is 0 Å². The number of benzene rings is 1. The minimum absolute atomic E-state index is 0.583. The molecule has 2 rings (SSSR count). The van der Waals surface area contributed by atoms with Crippen LogP contribution in [0, 0.1) is 0 Å². The van der Waals surface area contributed by atoms with Crippen molar-refractivity contribution in [3.8, 4) is 0 Å². The molecule has 2 nitrogen and oxygen atoms in total. The lowest BCUT2D eigenvalue weighted by Crippen LogP contribution is -2.13. The van der Waals surface area contributed by atoms with E-state index in [1.807, 2.05) is 11.8 Å². The molecule has 82 valence electrons. The van der Waals surface area contributed by atoms with Gasteiger partial charge in [-0.05, 0) is 18.1 Å². The number of rotatable bonds is 5. The van der Waals surface area contributed by atoms with Gasteiger partial charge < -0.3 is 9.47 Å². The molecule has 0 amide bonds. The van der Waals surface area contributed by atoms with Crippen LogP contribution >= 0.6 is 11.8 Å². The molecule has 0 radical (unpaired) electrons. The maximum Gasteiger partial charge on any atom is 0.0700 e. The molecule has 0 aromatic heterocycles. The highest BCUT2D eigenvalue weighted by Gasteiger charge is 2.21. The normalized spacial score (nSPS) is 19.1. The fourth-order valence-corrected chi connectivity index (χ4v) is 2.95. The van der Waals surface area contributed by atoms with E-state index in [1.54, 1.807) is 7.11 Å². The molecule has 1 aliphatic rings. The molecule has 0 aliphatic carbocycles. The highest BCUT2D eigenvalue weighted by atomic mass is 32.2. The Bertz CT molecular complexity index is 289. The first-order chi connectivity index (χ1) is 7.40. The highest BCUT2D eigenvalue weighted by molar-refractivity contribution is 8.00. The van der Waals surface area contributed by atoms with Crippen LogP contribution in [0.3, 0.4) is 0 Å². The lowest BCUT2D eigenvalue weighted by atomic mass is 10.1. The summed E-state index contributed by atoms with van der Waals surface area (Å²) in [5.74, 6) is 0. The lowest BCUT2D eigenvalue weighted by molar-refractivity contribution is 0.0716. The van der Waals surface area contributed by atoms with Gasteiger partial charge >= 0.3 is 0 Å². The predicted octanol–water partition coefficient (Wildman–Crippen LogP) is 2.37. The largest absolute Gasteiger partial charge is 0.382 e. The van der Waals surface area contributed by atoms with E-state index in [2.05, 4.69) is 24.3 Å². The fourth-order valence-electron chi connectivity index (χ4n) is 1.70. The van der Waals surface area contributed by atoms with Crippen LogP contribution < -0.4 is 0 Å². The van der Waals surface area contributed by atoms with Gasteiger partial charge in [-0.25, -0.2) is 0 Å². The second-order valence-electron chi connectivity index (χ2n) is 3.62. The standard InChI is InChI=1S/C12H16O2S/c1-13-6-7-14-9-11-8-10-4-2-3-5-12(10)15-11/h2-5,11H,6-9H2,1H3. The summed E-state index contributed by atoms with van der Waals surface area (Å²) in [6.07, 6.45) is 1.13. The van der Waals surface area contributed by atoms with Gasteiger partial charge in [0.05, 0.1) is 19.8 Å². The molecule has 1 unspecified atom stereocenters. The third-order valence-corrected chi connectivity index (χ3v) is 3.74. The Morgan fingerprint density at radius 1 is 1.33 bits per heavy atom. The molecular weight excluding hydrogens is 208 g/mol. The van der Waals surface area contributed by atoms with Crippen LogP contribution in [-0.4, -0.2) is 32.2 Å². The Hall–Kier alpha value is -0.510. The van der Waals surface area contributed by atoms with Gasteiger partial charge in [-0.1, -0.05) is 18.2 Å². The first kappa shape index (κ1) is 11.0. The summed E-state index contributed by atoms with van der Waals surface area (Å²) in [5, 5.41) is 0.583. The van der Waals surface area contributed by atoms with Crippen molar-refractivity contribution in [2.45, 2.75) is 16.6 Å². The van der Waals surface area contributed by atoms with Gasteiger partial charge in [-0.3, -0.25) is 0 Å². The van der Waals surface area contributed by atoms with Crippen LogP contribution in [0.15, 0.2) is 29.2 Å². The third-order valence-electron chi connectivity index (χ3n) is 2.45. The van der Waals surface area contributed by atoms with Crippen LogP contribution in [0.1, 0.15) is 5.56 Å². The second-order valence-corrected chi connectivity index (χ2v) is 4.96. The van der Waals surface area contributed by atoms with E-state index < -0.39 is 0 Å². The van der Waals surface area contributed by atoms with Crippen molar-refractivity contribution in [3.05, 3.63) is 29.8 Å². The zero-order chi connectivity index (χ0) is 10.5. The summed E-state index contributed by atoms with van der Waals surface area (Å²) in [7, 11) is 1.70. The van der Waals surface area contributed by atoms with Gasteiger partial charge in [0.2, 0.25) is 0 Å². The van der Waals surface area contributed by atoms with E-state index in [-0.39, 0.29) is 0 Å². The molecule has 0 saturated carbocycles. The molecule has 3 heteroatoms. The summed E-state index contributed by atoms with van der Waals surface area (Å²) in [4.78, 5) is 1.41. The Morgan fingerprint density at radius 3 is 3.00 bits per heavy atom. The molecule has 1 atom stereocenters. The molecule has 1 heterocycles. The maximum atomic E-state index is 5.54. The lowest BCUT2D eigenvalue weighted by Gasteiger charge is -2.08. The summed E-state index contributed by atoms with van der Waals surface area (Å²) in [6.45, 7) is 2.21. The minimum atomic E-state index is 0.583. The van der Waals surface area contributed by atoms with Crippen LogP contribution in [-0.2, 0) is 15.9 Å². The first-order valence-corrected chi connectivity index (χ1v) is 6.09. The number of thioether (sulfide) groups is 1. The van der Waals surface area contributed by atoms with Crippen molar-refractivity contribution in [2.75, 3.05) is 26.9 Å². The maximum absolute atomic E-state index is 5.54. The topological polar surface area (TPSA) is 18.5 Å². The first-order valence-electron chi connectivity index (χ1n) is 5.21.